The molecule has 1 heterocycles. The number of amides is 2. The van der Waals surface area contributed by atoms with Crippen LogP contribution in [0.5, 0.6) is 5.75 Å². The number of hydrogen-bond acceptors (Lipinski definition) is 6. The molecule has 0 unspecified atom stereocenters. The van der Waals surface area contributed by atoms with E-state index in [9.17, 15) is 9.59 Å². The number of thioether (sulfide) groups is 1. The molecule has 1 aromatic heterocycles. The summed E-state index contributed by atoms with van der Waals surface area (Å²) in [4.78, 5) is 24.7. The lowest BCUT2D eigenvalue weighted by atomic mass is 10.3. The largest absolute Gasteiger partial charge is 0.484 e. The first-order valence-electron chi connectivity index (χ1n) is 7.73. The Morgan fingerprint density at radius 3 is 2.73 bits per heavy atom. The van der Waals surface area contributed by atoms with Crippen LogP contribution < -0.4 is 10.1 Å². The average molecular weight is 398 g/mol. The smallest absolute Gasteiger partial charge is 0.241 e. The third-order valence-electron chi connectivity index (χ3n) is 3.39. The van der Waals surface area contributed by atoms with Gasteiger partial charge in [-0.25, -0.2) is 0 Å². The van der Waals surface area contributed by atoms with Crippen molar-refractivity contribution < 1.29 is 14.3 Å². The molecule has 10 heteroatoms. The number of likely N-dealkylation sites (N-methyl/N-ethyl adjacent to an activating group) is 1. The zero-order valence-electron chi connectivity index (χ0n) is 14.7. The topological polar surface area (TPSA) is 89.3 Å². The van der Waals surface area contributed by atoms with Crippen LogP contribution in [0, 0.1) is 0 Å². The van der Waals surface area contributed by atoms with Crippen molar-refractivity contribution in [3.63, 3.8) is 0 Å². The van der Waals surface area contributed by atoms with E-state index < -0.39 is 0 Å². The summed E-state index contributed by atoms with van der Waals surface area (Å²) < 4.78 is 7.39. The molecule has 0 bridgehead atoms. The van der Waals surface area contributed by atoms with Crippen LogP contribution in [0.1, 0.15) is 5.82 Å². The van der Waals surface area contributed by atoms with Gasteiger partial charge in [-0.2, -0.15) is 0 Å². The second kappa shape index (κ2) is 9.44. The molecule has 2 rings (SSSR count). The van der Waals surface area contributed by atoms with Crippen molar-refractivity contribution in [2.24, 2.45) is 7.05 Å². The standard InChI is InChI=1S/C16H20ClN5O3S/c1-21(2)15(24)8-18-14(23)10-26-16-20-19-13(22(16)3)9-25-12-7-5-4-6-11(12)17/h4-7H,8-10H2,1-3H3,(H,18,23). The van der Waals surface area contributed by atoms with Gasteiger partial charge in [-0.15, -0.1) is 10.2 Å². The highest BCUT2D eigenvalue weighted by Gasteiger charge is 2.13. The quantitative estimate of drug-likeness (QED) is 0.676. The van der Waals surface area contributed by atoms with E-state index in [1.165, 1.54) is 16.7 Å². The van der Waals surface area contributed by atoms with Gasteiger partial charge in [0.05, 0.1) is 17.3 Å². The molecule has 1 N–H and O–H groups in total. The fraction of sp³-hybridized carbons (Fsp3) is 0.375. The third kappa shape index (κ3) is 5.63. The Hall–Kier alpha value is -2.26. The molecular weight excluding hydrogens is 378 g/mol. The van der Waals surface area contributed by atoms with Crippen molar-refractivity contribution in [2.45, 2.75) is 11.8 Å². The number of benzene rings is 1. The highest BCUT2D eigenvalue weighted by molar-refractivity contribution is 7.99. The van der Waals surface area contributed by atoms with Crippen molar-refractivity contribution >= 4 is 35.2 Å². The first-order valence-corrected chi connectivity index (χ1v) is 9.10. The maximum atomic E-state index is 11.8. The summed E-state index contributed by atoms with van der Waals surface area (Å²) in [5.74, 6) is 0.896. The van der Waals surface area contributed by atoms with Crippen LogP contribution in [0.4, 0.5) is 0 Å². The fourth-order valence-electron chi connectivity index (χ4n) is 1.81. The van der Waals surface area contributed by atoms with Crippen molar-refractivity contribution in [2.75, 3.05) is 26.4 Å². The van der Waals surface area contributed by atoms with E-state index in [-0.39, 0.29) is 30.7 Å². The van der Waals surface area contributed by atoms with E-state index in [2.05, 4.69) is 15.5 Å². The number of carbonyl (C=O) groups excluding carboxylic acids is 2. The van der Waals surface area contributed by atoms with Gasteiger partial charge >= 0.3 is 0 Å². The van der Waals surface area contributed by atoms with Crippen LogP contribution in [0.2, 0.25) is 5.02 Å². The number of aromatic nitrogens is 3. The number of nitrogens with zero attached hydrogens (tertiary/aromatic N) is 4. The molecular formula is C16H20ClN5O3S. The predicted molar refractivity (Wildman–Crippen MR) is 99.2 cm³/mol. The highest BCUT2D eigenvalue weighted by atomic mass is 35.5. The van der Waals surface area contributed by atoms with Crippen molar-refractivity contribution in [1.29, 1.82) is 0 Å². The first-order chi connectivity index (χ1) is 12.4. The zero-order chi connectivity index (χ0) is 19.1. The predicted octanol–water partition coefficient (Wildman–Crippen LogP) is 1.34. The van der Waals surface area contributed by atoms with Crippen molar-refractivity contribution in [1.82, 2.24) is 25.0 Å². The van der Waals surface area contributed by atoms with Crippen molar-refractivity contribution in [3.8, 4) is 5.75 Å². The number of ether oxygens (including phenoxy) is 1. The molecule has 0 atom stereocenters. The molecule has 0 aliphatic heterocycles. The average Bonchev–Trinajstić information content (AvgIpc) is 2.97. The van der Waals surface area contributed by atoms with E-state index in [4.69, 9.17) is 16.3 Å². The fourth-order valence-corrected chi connectivity index (χ4v) is 2.76. The van der Waals surface area contributed by atoms with Gasteiger partial charge in [-0.05, 0) is 12.1 Å². The summed E-state index contributed by atoms with van der Waals surface area (Å²) >= 11 is 7.28. The van der Waals surface area contributed by atoms with Gasteiger partial charge in [-0.1, -0.05) is 35.5 Å². The lowest BCUT2D eigenvalue weighted by molar-refractivity contribution is -0.130. The Morgan fingerprint density at radius 2 is 2.04 bits per heavy atom. The van der Waals surface area contributed by atoms with Gasteiger partial charge < -0.3 is 19.5 Å². The lowest BCUT2D eigenvalue weighted by Crippen LogP contribution is -2.37. The van der Waals surface area contributed by atoms with Gasteiger partial charge in [0.1, 0.15) is 12.4 Å². The molecule has 0 aliphatic carbocycles. The van der Waals surface area contributed by atoms with E-state index in [1.807, 2.05) is 12.1 Å². The van der Waals surface area contributed by atoms with Crippen LogP contribution in [-0.2, 0) is 23.2 Å². The van der Waals surface area contributed by atoms with Crippen LogP contribution in [0.15, 0.2) is 29.4 Å². The van der Waals surface area contributed by atoms with Crippen LogP contribution >= 0.6 is 23.4 Å². The summed E-state index contributed by atoms with van der Waals surface area (Å²) in [5.41, 5.74) is 0. The molecule has 0 saturated heterocycles. The third-order valence-corrected chi connectivity index (χ3v) is 4.72. The molecule has 26 heavy (non-hydrogen) atoms. The lowest BCUT2D eigenvalue weighted by Gasteiger charge is -2.10. The molecule has 0 saturated carbocycles. The number of para-hydroxylation sites is 1. The zero-order valence-corrected chi connectivity index (χ0v) is 16.3. The molecule has 0 fully saturated rings. The Labute approximate surface area is 160 Å². The molecule has 2 aromatic rings. The molecule has 140 valence electrons. The molecule has 0 aliphatic rings. The van der Waals surface area contributed by atoms with E-state index in [0.717, 1.165) is 0 Å². The number of halogens is 1. The van der Waals surface area contributed by atoms with Crippen LogP contribution in [0.25, 0.3) is 0 Å². The SMILES string of the molecule is CN(C)C(=O)CNC(=O)CSc1nnc(COc2ccccc2Cl)n1C. The Morgan fingerprint density at radius 1 is 1.31 bits per heavy atom. The Balaban J connectivity index is 1.84. The van der Waals surface area contributed by atoms with E-state index >= 15 is 0 Å². The maximum absolute atomic E-state index is 11.8. The minimum atomic E-state index is -0.248. The number of rotatable bonds is 8. The summed E-state index contributed by atoms with van der Waals surface area (Å²) in [6.07, 6.45) is 0. The molecule has 0 radical (unpaired) electrons. The minimum absolute atomic E-state index is 0.0257. The van der Waals surface area contributed by atoms with Gasteiger partial charge in [0.2, 0.25) is 11.8 Å². The number of nitrogens with one attached hydrogen (secondary N) is 1. The second-order valence-corrected chi connectivity index (χ2v) is 6.88. The molecule has 1 aromatic carbocycles. The van der Waals surface area contributed by atoms with Crippen LogP contribution in [0.3, 0.4) is 0 Å². The van der Waals surface area contributed by atoms with Crippen LogP contribution in [-0.4, -0.2) is 57.9 Å². The Kier molecular flexibility index (Phi) is 7.28. The molecule has 8 nitrogen and oxygen atoms in total. The second-order valence-electron chi connectivity index (χ2n) is 5.53. The van der Waals surface area contributed by atoms with Gasteiger partial charge in [0.15, 0.2) is 11.0 Å². The normalized spacial score (nSPS) is 10.5. The van der Waals surface area contributed by atoms with Gasteiger partial charge in [0.25, 0.3) is 0 Å². The van der Waals surface area contributed by atoms with E-state index in [1.54, 1.807) is 37.8 Å². The Bertz CT molecular complexity index is 781. The first kappa shape index (κ1) is 20.1. The van der Waals surface area contributed by atoms with Gasteiger partial charge in [-0.3, -0.25) is 9.59 Å². The molecule has 2 amide bonds. The highest BCUT2D eigenvalue weighted by Crippen LogP contribution is 2.24. The summed E-state index contributed by atoms with van der Waals surface area (Å²) in [7, 11) is 5.06. The number of hydrogen-bond donors (Lipinski definition) is 1. The summed E-state index contributed by atoms with van der Waals surface area (Å²) in [5, 5.41) is 11.8. The minimum Gasteiger partial charge on any atom is -0.484 e. The molecule has 0 spiro atoms. The van der Waals surface area contributed by atoms with E-state index in [0.29, 0.717) is 21.8 Å². The summed E-state index contributed by atoms with van der Waals surface area (Å²) in [6, 6.07) is 7.17. The van der Waals surface area contributed by atoms with Gasteiger partial charge in [0, 0.05) is 21.1 Å². The monoisotopic (exact) mass is 397 g/mol. The number of carbonyl (C=O) groups is 2. The summed E-state index contributed by atoms with van der Waals surface area (Å²) in [6.45, 7) is 0.180. The maximum Gasteiger partial charge on any atom is 0.241 e. The van der Waals surface area contributed by atoms with Crippen molar-refractivity contribution in [3.05, 3.63) is 35.1 Å².